The molecule has 4 nitrogen and oxygen atoms in total. The van der Waals surface area contributed by atoms with Crippen molar-refractivity contribution in [3.63, 3.8) is 0 Å². The van der Waals surface area contributed by atoms with E-state index in [9.17, 15) is 0 Å². The van der Waals surface area contributed by atoms with Crippen LogP contribution in [0.1, 0.15) is 18.1 Å². The van der Waals surface area contributed by atoms with Gasteiger partial charge in [0, 0.05) is 18.7 Å². The molecule has 128 valence electrons. The van der Waals surface area contributed by atoms with Crippen LogP contribution in [0.2, 0.25) is 0 Å². The van der Waals surface area contributed by atoms with E-state index in [1.54, 1.807) is 14.2 Å². The molecule has 0 spiro atoms. The smallest absolute Gasteiger partial charge is 0.161 e. The number of para-hydroxylation sites is 1. The number of methoxy groups -OCH3 is 2. The molecule has 0 heterocycles. The lowest BCUT2D eigenvalue weighted by Crippen LogP contribution is -2.13. The molecule has 0 aromatic heterocycles. The Balaban J connectivity index is 1.99. The molecular weight excluding hydrogens is 302 g/mol. The normalized spacial score (nSPS) is 10.3. The minimum absolute atomic E-state index is 0.481. The minimum atomic E-state index is 0.481. The van der Waals surface area contributed by atoms with Gasteiger partial charge in [0.25, 0.3) is 0 Å². The molecule has 0 unspecified atom stereocenters. The summed E-state index contributed by atoms with van der Waals surface area (Å²) in [7, 11) is 3.33. The Morgan fingerprint density at radius 2 is 1.71 bits per heavy atom. The zero-order valence-corrected chi connectivity index (χ0v) is 14.6. The van der Waals surface area contributed by atoms with Gasteiger partial charge in [-0.3, -0.25) is 0 Å². The number of benzene rings is 2. The summed E-state index contributed by atoms with van der Waals surface area (Å²) in [6.07, 6.45) is 0. The fourth-order valence-corrected chi connectivity index (χ4v) is 2.34. The summed E-state index contributed by atoms with van der Waals surface area (Å²) in [5.41, 5.74) is 3.23. The van der Waals surface area contributed by atoms with Gasteiger partial charge in [-0.2, -0.15) is 0 Å². The molecule has 4 heteroatoms. The van der Waals surface area contributed by atoms with Crippen LogP contribution in [0.5, 0.6) is 17.2 Å². The molecule has 0 radical (unpaired) electrons. The molecule has 0 atom stereocenters. The van der Waals surface area contributed by atoms with Gasteiger partial charge in [0.2, 0.25) is 0 Å². The van der Waals surface area contributed by atoms with Crippen LogP contribution in [-0.4, -0.2) is 20.8 Å². The quantitative estimate of drug-likeness (QED) is 0.708. The zero-order chi connectivity index (χ0) is 17.4. The maximum atomic E-state index is 5.76. The van der Waals surface area contributed by atoms with Crippen molar-refractivity contribution >= 4 is 0 Å². The molecule has 0 aliphatic rings. The second-order valence-electron chi connectivity index (χ2n) is 5.65. The fourth-order valence-electron chi connectivity index (χ4n) is 2.34. The van der Waals surface area contributed by atoms with E-state index >= 15 is 0 Å². The Labute approximate surface area is 144 Å². The molecule has 0 amide bonds. The minimum Gasteiger partial charge on any atom is -0.496 e. The van der Waals surface area contributed by atoms with Crippen LogP contribution in [-0.2, 0) is 13.1 Å². The van der Waals surface area contributed by atoms with E-state index < -0.39 is 0 Å². The zero-order valence-electron chi connectivity index (χ0n) is 14.6. The number of ether oxygens (including phenoxy) is 3. The third-order valence-electron chi connectivity index (χ3n) is 3.54. The SMILES string of the molecule is C=C(C)COc1cc(CNCc2ccccc2OC)ccc1OC. The monoisotopic (exact) mass is 327 g/mol. The van der Waals surface area contributed by atoms with E-state index in [2.05, 4.69) is 18.0 Å². The van der Waals surface area contributed by atoms with Crippen LogP contribution in [0.4, 0.5) is 0 Å². The van der Waals surface area contributed by atoms with Crippen molar-refractivity contribution in [2.24, 2.45) is 0 Å². The largest absolute Gasteiger partial charge is 0.496 e. The predicted octanol–water partition coefficient (Wildman–Crippen LogP) is 3.95. The molecule has 1 N–H and O–H groups in total. The third-order valence-corrected chi connectivity index (χ3v) is 3.54. The van der Waals surface area contributed by atoms with Crippen LogP contribution < -0.4 is 19.5 Å². The second kappa shape index (κ2) is 8.99. The van der Waals surface area contributed by atoms with E-state index in [1.165, 1.54) is 0 Å². The van der Waals surface area contributed by atoms with Crippen LogP contribution in [0.25, 0.3) is 0 Å². The lowest BCUT2D eigenvalue weighted by atomic mass is 10.1. The summed E-state index contributed by atoms with van der Waals surface area (Å²) < 4.78 is 16.5. The Hall–Kier alpha value is -2.46. The molecule has 2 aromatic carbocycles. The van der Waals surface area contributed by atoms with Crippen LogP contribution in [0.15, 0.2) is 54.6 Å². The second-order valence-corrected chi connectivity index (χ2v) is 5.65. The molecule has 2 aromatic rings. The van der Waals surface area contributed by atoms with Gasteiger partial charge in [-0.15, -0.1) is 0 Å². The molecule has 0 saturated carbocycles. The summed E-state index contributed by atoms with van der Waals surface area (Å²) in [4.78, 5) is 0. The highest BCUT2D eigenvalue weighted by Crippen LogP contribution is 2.28. The van der Waals surface area contributed by atoms with Gasteiger partial charge in [0.15, 0.2) is 11.5 Å². The third kappa shape index (κ3) is 5.03. The van der Waals surface area contributed by atoms with Crippen LogP contribution in [0.3, 0.4) is 0 Å². The first-order chi connectivity index (χ1) is 11.6. The number of rotatable bonds is 9. The summed E-state index contributed by atoms with van der Waals surface area (Å²) in [6, 6.07) is 14.0. The molecule has 2 rings (SSSR count). The summed E-state index contributed by atoms with van der Waals surface area (Å²) in [5, 5.41) is 3.43. The van der Waals surface area contributed by atoms with Gasteiger partial charge in [0.05, 0.1) is 14.2 Å². The average molecular weight is 327 g/mol. The van der Waals surface area contributed by atoms with E-state index in [-0.39, 0.29) is 0 Å². The topological polar surface area (TPSA) is 39.7 Å². The van der Waals surface area contributed by atoms with Crippen molar-refractivity contribution in [3.8, 4) is 17.2 Å². The van der Waals surface area contributed by atoms with Gasteiger partial charge in [-0.25, -0.2) is 0 Å². The van der Waals surface area contributed by atoms with Crippen molar-refractivity contribution in [3.05, 3.63) is 65.7 Å². The van der Waals surface area contributed by atoms with Gasteiger partial charge in [0.1, 0.15) is 12.4 Å². The summed E-state index contributed by atoms with van der Waals surface area (Å²) in [6.45, 7) is 7.74. The van der Waals surface area contributed by atoms with Crippen molar-refractivity contribution in [2.45, 2.75) is 20.0 Å². The Bertz CT molecular complexity index is 682. The van der Waals surface area contributed by atoms with E-state index in [0.29, 0.717) is 6.61 Å². The number of nitrogens with one attached hydrogen (secondary N) is 1. The molecule has 0 aliphatic carbocycles. The highest BCUT2D eigenvalue weighted by atomic mass is 16.5. The van der Waals surface area contributed by atoms with E-state index in [4.69, 9.17) is 14.2 Å². The molecule has 24 heavy (non-hydrogen) atoms. The van der Waals surface area contributed by atoms with E-state index in [0.717, 1.165) is 47.0 Å². The highest BCUT2D eigenvalue weighted by molar-refractivity contribution is 5.43. The molecule has 0 fully saturated rings. The fraction of sp³-hybridized carbons (Fsp3) is 0.300. The van der Waals surface area contributed by atoms with Crippen molar-refractivity contribution < 1.29 is 14.2 Å². The lowest BCUT2D eigenvalue weighted by molar-refractivity contribution is 0.319. The molecular formula is C20H25NO3. The molecule has 0 saturated heterocycles. The highest BCUT2D eigenvalue weighted by Gasteiger charge is 2.07. The Kier molecular flexibility index (Phi) is 6.70. The molecule has 0 bridgehead atoms. The Morgan fingerprint density at radius 1 is 0.958 bits per heavy atom. The van der Waals surface area contributed by atoms with E-state index in [1.807, 2.05) is 43.3 Å². The number of hydrogen-bond donors (Lipinski definition) is 1. The average Bonchev–Trinajstić information content (AvgIpc) is 2.60. The first kappa shape index (κ1) is 17.9. The van der Waals surface area contributed by atoms with Gasteiger partial charge < -0.3 is 19.5 Å². The summed E-state index contributed by atoms with van der Waals surface area (Å²) >= 11 is 0. The standard InChI is InChI=1S/C20H25NO3/c1-15(2)14-24-20-11-16(9-10-19(20)23-4)12-21-13-17-7-5-6-8-18(17)22-3/h5-11,21H,1,12-14H2,2-4H3. The van der Waals surface area contributed by atoms with Crippen molar-refractivity contribution in [2.75, 3.05) is 20.8 Å². The van der Waals surface area contributed by atoms with Gasteiger partial charge in [-0.05, 0) is 36.3 Å². The summed E-state index contributed by atoms with van der Waals surface area (Å²) in [5.74, 6) is 2.35. The van der Waals surface area contributed by atoms with Crippen LogP contribution in [0, 0.1) is 0 Å². The lowest BCUT2D eigenvalue weighted by Gasteiger charge is -2.13. The predicted molar refractivity (Wildman–Crippen MR) is 96.8 cm³/mol. The first-order valence-electron chi connectivity index (χ1n) is 7.90. The Morgan fingerprint density at radius 3 is 2.42 bits per heavy atom. The van der Waals surface area contributed by atoms with Crippen molar-refractivity contribution in [1.82, 2.24) is 5.32 Å². The molecule has 0 aliphatic heterocycles. The van der Waals surface area contributed by atoms with Crippen molar-refractivity contribution in [1.29, 1.82) is 0 Å². The van der Waals surface area contributed by atoms with Gasteiger partial charge in [-0.1, -0.05) is 30.8 Å². The maximum absolute atomic E-state index is 5.76. The number of hydrogen-bond acceptors (Lipinski definition) is 4. The maximum Gasteiger partial charge on any atom is 0.161 e. The van der Waals surface area contributed by atoms with Gasteiger partial charge >= 0.3 is 0 Å². The first-order valence-corrected chi connectivity index (χ1v) is 7.90. The van der Waals surface area contributed by atoms with Crippen LogP contribution >= 0.6 is 0 Å².